The zero-order valence-corrected chi connectivity index (χ0v) is 6.71. The van der Waals surface area contributed by atoms with Crippen molar-refractivity contribution in [2.45, 2.75) is 31.7 Å². The molecule has 1 heterocycles. The van der Waals surface area contributed by atoms with E-state index in [2.05, 4.69) is 17.1 Å². The van der Waals surface area contributed by atoms with Crippen molar-refractivity contribution in [1.29, 1.82) is 0 Å². The largest absolute Gasteiger partial charge is 0.245 e. The third kappa shape index (κ3) is 0.956. The fourth-order valence-electron chi connectivity index (χ4n) is 1.91. The predicted molar refractivity (Wildman–Crippen MR) is 41.6 cm³/mol. The van der Waals surface area contributed by atoms with E-state index in [1.165, 1.54) is 38.8 Å². The van der Waals surface area contributed by atoms with Gasteiger partial charge >= 0.3 is 0 Å². The first-order valence-corrected chi connectivity index (χ1v) is 4.35. The molecule has 0 aromatic rings. The molecule has 0 unspecified atom stereocenters. The van der Waals surface area contributed by atoms with E-state index in [1.807, 2.05) is 0 Å². The van der Waals surface area contributed by atoms with Crippen LogP contribution in [0.1, 0.15) is 25.7 Å². The van der Waals surface area contributed by atoms with Gasteiger partial charge in [-0.25, -0.2) is 10.0 Å². The maximum atomic E-state index is 2.55. The van der Waals surface area contributed by atoms with Gasteiger partial charge in [-0.2, -0.15) is 0 Å². The van der Waals surface area contributed by atoms with Crippen LogP contribution >= 0.6 is 0 Å². The minimum Gasteiger partial charge on any atom is -0.245 e. The van der Waals surface area contributed by atoms with Crippen molar-refractivity contribution < 1.29 is 0 Å². The summed E-state index contributed by atoms with van der Waals surface area (Å²) < 4.78 is 0. The molecule has 1 saturated heterocycles. The second-order valence-corrected chi connectivity index (χ2v) is 3.48. The van der Waals surface area contributed by atoms with E-state index in [4.69, 9.17) is 0 Å². The highest BCUT2D eigenvalue weighted by molar-refractivity contribution is 4.80. The molecule has 2 aliphatic rings. The minimum atomic E-state index is 0.910. The Balaban J connectivity index is 1.90. The maximum absolute atomic E-state index is 2.55. The molecule has 2 nitrogen and oxygen atoms in total. The molecule has 2 fully saturated rings. The van der Waals surface area contributed by atoms with Crippen molar-refractivity contribution in [2.24, 2.45) is 0 Å². The second-order valence-electron chi connectivity index (χ2n) is 3.48. The summed E-state index contributed by atoms with van der Waals surface area (Å²) in [6.45, 7) is 2.58. The van der Waals surface area contributed by atoms with Crippen LogP contribution in [0.25, 0.3) is 0 Å². The van der Waals surface area contributed by atoms with Crippen LogP contribution in [0.3, 0.4) is 0 Å². The van der Waals surface area contributed by atoms with Gasteiger partial charge in [0.2, 0.25) is 0 Å². The highest BCUT2D eigenvalue weighted by atomic mass is 15.6. The minimum absolute atomic E-state index is 0.910. The van der Waals surface area contributed by atoms with Crippen molar-refractivity contribution >= 4 is 0 Å². The predicted octanol–water partition coefficient (Wildman–Crippen LogP) is 1.09. The number of hydrogen-bond acceptors (Lipinski definition) is 2. The van der Waals surface area contributed by atoms with E-state index in [0.29, 0.717) is 0 Å². The quantitative estimate of drug-likeness (QED) is 0.538. The molecular formula is C8H16N2. The first-order chi connectivity index (χ1) is 4.88. The Morgan fingerprint density at radius 1 is 1.10 bits per heavy atom. The summed E-state index contributed by atoms with van der Waals surface area (Å²) >= 11 is 0. The molecule has 1 aliphatic carbocycles. The monoisotopic (exact) mass is 140 g/mol. The summed E-state index contributed by atoms with van der Waals surface area (Å²) in [6.07, 6.45) is 5.69. The van der Waals surface area contributed by atoms with Gasteiger partial charge < -0.3 is 0 Å². The Labute approximate surface area is 62.8 Å². The molecule has 0 aromatic heterocycles. The van der Waals surface area contributed by atoms with E-state index in [0.717, 1.165) is 6.04 Å². The second kappa shape index (κ2) is 2.51. The van der Waals surface area contributed by atoms with Gasteiger partial charge in [0.05, 0.1) is 0 Å². The van der Waals surface area contributed by atoms with Crippen LogP contribution in [0.5, 0.6) is 0 Å². The molecule has 0 N–H and O–H groups in total. The van der Waals surface area contributed by atoms with Crippen molar-refractivity contribution in [1.82, 2.24) is 10.0 Å². The zero-order chi connectivity index (χ0) is 6.97. The Morgan fingerprint density at radius 2 is 1.90 bits per heavy atom. The smallest absolute Gasteiger partial charge is 0.0245 e. The fourth-order valence-corrected chi connectivity index (χ4v) is 1.91. The molecule has 1 aliphatic heterocycles. The SMILES string of the molecule is CN1CCCN1C1CCC1. The topological polar surface area (TPSA) is 6.48 Å². The first kappa shape index (κ1) is 6.62. The molecule has 0 bridgehead atoms. The molecule has 0 radical (unpaired) electrons. The molecule has 2 rings (SSSR count). The van der Waals surface area contributed by atoms with E-state index in [1.54, 1.807) is 0 Å². The van der Waals surface area contributed by atoms with Gasteiger partial charge in [0.25, 0.3) is 0 Å². The number of rotatable bonds is 1. The Morgan fingerprint density at radius 3 is 2.30 bits per heavy atom. The molecule has 0 spiro atoms. The van der Waals surface area contributed by atoms with Gasteiger partial charge in [0, 0.05) is 26.2 Å². The van der Waals surface area contributed by atoms with Crippen LogP contribution in [0.15, 0.2) is 0 Å². The summed E-state index contributed by atoms with van der Waals surface area (Å²) in [6, 6.07) is 0.910. The van der Waals surface area contributed by atoms with E-state index in [9.17, 15) is 0 Å². The van der Waals surface area contributed by atoms with Crippen LogP contribution in [0, 0.1) is 0 Å². The van der Waals surface area contributed by atoms with Crippen LogP contribution < -0.4 is 0 Å². The van der Waals surface area contributed by atoms with Crippen molar-refractivity contribution in [3.63, 3.8) is 0 Å². The van der Waals surface area contributed by atoms with E-state index < -0.39 is 0 Å². The van der Waals surface area contributed by atoms with Gasteiger partial charge in [0.1, 0.15) is 0 Å². The van der Waals surface area contributed by atoms with Crippen molar-refractivity contribution in [3.05, 3.63) is 0 Å². The summed E-state index contributed by atoms with van der Waals surface area (Å²) in [4.78, 5) is 0. The zero-order valence-electron chi connectivity index (χ0n) is 6.71. The summed E-state index contributed by atoms with van der Waals surface area (Å²) in [5.74, 6) is 0. The van der Waals surface area contributed by atoms with Crippen LogP contribution in [0.4, 0.5) is 0 Å². The van der Waals surface area contributed by atoms with Crippen molar-refractivity contribution in [2.75, 3.05) is 20.1 Å². The standard InChI is InChI=1S/C8H16N2/c1-9-6-3-7-10(9)8-4-2-5-8/h8H,2-7H2,1H3. The molecular weight excluding hydrogens is 124 g/mol. The van der Waals surface area contributed by atoms with Crippen LogP contribution in [-0.2, 0) is 0 Å². The molecule has 1 saturated carbocycles. The Bertz CT molecular complexity index is 120. The average molecular weight is 140 g/mol. The van der Waals surface area contributed by atoms with Crippen LogP contribution in [0.2, 0.25) is 0 Å². The first-order valence-electron chi connectivity index (χ1n) is 4.35. The molecule has 2 heteroatoms. The lowest BCUT2D eigenvalue weighted by Crippen LogP contribution is -2.45. The summed E-state index contributed by atoms with van der Waals surface area (Å²) in [5.41, 5.74) is 0. The fraction of sp³-hybridized carbons (Fsp3) is 1.00. The summed E-state index contributed by atoms with van der Waals surface area (Å²) in [7, 11) is 2.21. The number of nitrogens with zero attached hydrogens (tertiary/aromatic N) is 2. The molecule has 10 heavy (non-hydrogen) atoms. The average Bonchev–Trinajstić information content (AvgIpc) is 2.12. The third-order valence-electron chi connectivity index (χ3n) is 2.80. The Kier molecular flexibility index (Phi) is 1.66. The van der Waals surface area contributed by atoms with E-state index in [-0.39, 0.29) is 0 Å². The lowest BCUT2D eigenvalue weighted by molar-refractivity contribution is -0.0219. The molecule has 0 atom stereocenters. The highest BCUT2D eigenvalue weighted by Gasteiger charge is 2.29. The van der Waals surface area contributed by atoms with Gasteiger partial charge in [-0.1, -0.05) is 6.42 Å². The third-order valence-corrected chi connectivity index (χ3v) is 2.80. The van der Waals surface area contributed by atoms with E-state index >= 15 is 0 Å². The van der Waals surface area contributed by atoms with Gasteiger partial charge in [-0.3, -0.25) is 0 Å². The highest BCUT2D eigenvalue weighted by Crippen LogP contribution is 2.27. The van der Waals surface area contributed by atoms with Gasteiger partial charge in [-0.05, 0) is 19.3 Å². The molecule has 58 valence electrons. The van der Waals surface area contributed by atoms with Crippen molar-refractivity contribution in [3.8, 4) is 0 Å². The lowest BCUT2D eigenvalue weighted by Gasteiger charge is -2.38. The molecule has 0 amide bonds. The lowest BCUT2D eigenvalue weighted by atomic mass is 9.93. The number of hydrogen-bond donors (Lipinski definition) is 0. The Hall–Kier alpha value is -0.0800. The maximum Gasteiger partial charge on any atom is 0.0245 e. The number of hydrazine groups is 1. The normalized spacial score (nSPS) is 30.9. The summed E-state index contributed by atoms with van der Waals surface area (Å²) in [5, 5.41) is 4.94. The van der Waals surface area contributed by atoms with Crippen LogP contribution in [-0.4, -0.2) is 36.2 Å². The van der Waals surface area contributed by atoms with Gasteiger partial charge in [-0.15, -0.1) is 0 Å². The van der Waals surface area contributed by atoms with Gasteiger partial charge in [0.15, 0.2) is 0 Å². The molecule has 0 aromatic carbocycles.